The summed E-state index contributed by atoms with van der Waals surface area (Å²) in [7, 11) is 0. The zero-order valence-corrected chi connectivity index (χ0v) is 16.1. The molecule has 22 heavy (non-hydrogen) atoms. The first-order chi connectivity index (χ1) is 10.2. The summed E-state index contributed by atoms with van der Waals surface area (Å²) in [5.41, 5.74) is 5.70. The summed E-state index contributed by atoms with van der Waals surface area (Å²) in [6.07, 6.45) is 6.68. The van der Waals surface area contributed by atoms with E-state index in [0.29, 0.717) is 0 Å². The highest BCUT2D eigenvalue weighted by Crippen LogP contribution is 2.38. The molecule has 0 bridgehead atoms. The Morgan fingerprint density at radius 1 is 0.727 bits per heavy atom. The van der Waals surface area contributed by atoms with Gasteiger partial charge in [0.25, 0.3) is 0 Å². The standard InChI is InChI=1S/C20H36N2/c1-9-13-15-17(19(5,6)11-3)16(14-10-2)21-22-18(15)20(7,8)12-4/h9-14H2,1-8H3. The van der Waals surface area contributed by atoms with Crippen molar-refractivity contribution in [3.05, 3.63) is 22.5 Å². The third-order valence-corrected chi connectivity index (χ3v) is 5.22. The van der Waals surface area contributed by atoms with Gasteiger partial charge in [-0.15, -0.1) is 0 Å². The summed E-state index contributed by atoms with van der Waals surface area (Å²) >= 11 is 0. The average molecular weight is 305 g/mol. The molecule has 1 aromatic rings. The van der Waals surface area contributed by atoms with Crippen LogP contribution in [0.1, 0.15) is 104 Å². The van der Waals surface area contributed by atoms with Gasteiger partial charge in [-0.2, -0.15) is 10.2 Å². The van der Waals surface area contributed by atoms with Crippen molar-refractivity contribution >= 4 is 0 Å². The van der Waals surface area contributed by atoms with Gasteiger partial charge < -0.3 is 0 Å². The Hall–Kier alpha value is -0.920. The van der Waals surface area contributed by atoms with Gasteiger partial charge in [0.05, 0.1) is 11.4 Å². The highest BCUT2D eigenvalue weighted by atomic mass is 15.1. The van der Waals surface area contributed by atoms with Gasteiger partial charge in [-0.05, 0) is 42.2 Å². The minimum absolute atomic E-state index is 0.0980. The summed E-state index contributed by atoms with van der Waals surface area (Å²) in [6.45, 7) is 18.4. The van der Waals surface area contributed by atoms with E-state index in [2.05, 4.69) is 60.5 Å². The molecule has 0 saturated carbocycles. The summed E-state index contributed by atoms with van der Waals surface area (Å²) in [4.78, 5) is 0. The molecule has 0 radical (unpaired) electrons. The molecule has 0 aliphatic heterocycles. The van der Waals surface area contributed by atoms with Gasteiger partial charge in [0, 0.05) is 5.41 Å². The van der Waals surface area contributed by atoms with Crippen LogP contribution in [0.3, 0.4) is 0 Å². The Morgan fingerprint density at radius 2 is 1.27 bits per heavy atom. The van der Waals surface area contributed by atoms with E-state index in [1.165, 1.54) is 22.5 Å². The molecular formula is C20H36N2. The molecule has 0 amide bonds. The maximum Gasteiger partial charge on any atom is 0.0722 e. The van der Waals surface area contributed by atoms with Crippen molar-refractivity contribution in [2.24, 2.45) is 0 Å². The Labute approximate surface area is 138 Å². The summed E-state index contributed by atoms with van der Waals surface area (Å²) in [6, 6.07) is 0. The fourth-order valence-electron chi connectivity index (χ4n) is 3.11. The van der Waals surface area contributed by atoms with Gasteiger partial charge in [-0.3, -0.25) is 0 Å². The lowest BCUT2D eigenvalue weighted by Crippen LogP contribution is -2.28. The molecule has 0 aliphatic rings. The van der Waals surface area contributed by atoms with Crippen molar-refractivity contribution in [1.82, 2.24) is 10.2 Å². The quantitative estimate of drug-likeness (QED) is 0.610. The number of hydrogen-bond donors (Lipinski definition) is 0. The third kappa shape index (κ3) is 3.88. The van der Waals surface area contributed by atoms with Crippen molar-refractivity contribution in [2.75, 3.05) is 0 Å². The van der Waals surface area contributed by atoms with E-state index in [1.807, 2.05) is 0 Å². The largest absolute Gasteiger partial charge is 0.155 e. The lowest BCUT2D eigenvalue weighted by Gasteiger charge is -2.33. The molecule has 1 aromatic heterocycles. The second-order valence-corrected chi connectivity index (χ2v) is 7.82. The molecule has 0 atom stereocenters. The van der Waals surface area contributed by atoms with E-state index in [-0.39, 0.29) is 10.8 Å². The van der Waals surface area contributed by atoms with Gasteiger partial charge in [0.1, 0.15) is 0 Å². The number of hydrogen-bond acceptors (Lipinski definition) is 2. The topological polar surface area (TPSA) is 25.8 Å². The predicted octanol–water partition coefficient (Wildman–Crippen LogP) is 5.76. The molecule has 1 rings (SSSR count). The second kappa shape index (κ2) is 7.57. The van der Waals surface area contributed by atoms with Gasteiger partial charge in [0.15, 0.2) is 0 Å². The smallest absolute Gasteiger partial charge is 0.0722 e. The molecule has 2 heteroatoms. The van der Waals surface area contributed by atoms with E-state index in [1.54, 1.807) is 0 Å². The van der Waals surface area contributed by atoms with Crippen LogP contribution >= 0.6 is 0 Å². The first-order valence-corrected chi connectivity index (χ1v) is 9.14. The summed E-state index contributed by atoms with van der Waals surface area (Å²) in [5, 5.41) is 9.41. The van der Waals surface area contributed by atoms with Crippen LogP contribution in [0, 0.1) is 0 Å². The lowest BCUT2D eigenvalue weighted by atomic mass is 9.73. The zero-order chi connectivity index (χ0) is 17.0. The summed E-state index contributed by atoms with van der Waals surface area (Å²) in [5.74, 6) is 0. The van der Waals surface area contributed by atoms with Gasteiger partial charge in [-0.1, -0.05) is 68.2 Å². The maximum atomic E-state index is 4.72. The lowest BCUT2D eigenvalue weighted by molar-refractivity contribution is 0.451. The van der Waals surface area contributed by atoms with E-state index < -0.39 is 0 Å². The first kappa shape index (κ1) is 19.1. The Morgan fingerprint density at radius 3 is 1.73 bits per heavy atom. The molecule has 0 unspecified atom stereocenters. The van der Waals surface area contributed by atoms with Crippen molar-refractivity contribution in [3.63, 3.8) is 0 Å². The van der Waals surface area contributed by atoms with Crippen LogP contribution in [0.15, 0.2) is 0 Å². The molecule has 0 spiro atoms. The molecule has 0 aliphatic carbocycles. The second-order valence-electron chi connectivity index (χ2n) is 7.82. The molecule has 0 aromatic carbocycles. The Balaban J connectivity index is 3.68. The van der Waals surface area contributed by atoms with Crippen molar-refractivity contribution in [3.8, 4) is 0 Å². The minimum Gasteiger partial charge on any atom is -0.155 e. The van der Waals surface area contributed by atoms with Crippen molar-refractivity contribution in [1.29, 1.82) is 0 Å². The van der Waals surface area contributed by atoms with Crippen LogP contribution in [0.2, 0.25) is 0 Å². The van der Waals surface area contributed by atoms with E-state index >= 15 is 0 Å². The molecule has 0 fully saturated rings. The Bertz CT molecular complexity index is 487. The SMILES string of the molecule is CCCc1nnc(C(C)(C)CC)c(CCC)c1C(C)(C)CC. The van der Waals surface area contributed by atoms with E-state index in [0.717, 1.165) is 38.5 Å². The molecular weight excluding hydrogens is 268 g/mol. The van der Waals surface area contributed by atoms with Gasteiger partial charge in [-0.25, -0.2) is 0 Å². The fourth-order valence-corrected chi connectivity index (χ4v) is 3.11. The summed E-state index contributed by atoms with van der Waals surface area (Å²) < 4.78 is 0. The fraction of sp³-hybridized carbons (Fsp3) is 0.800. The zero-order valence-electron chi connectivity index (χ0n) is 16.1. The van der Waals surface area contributed by atoms with Gasteiger partial charge >= 0.3 is 0 Å². The first-order valence-electron chi connectivity index (χ1n) is 9.14. The third-order valence-electron chi connectivity index (χ3n) is 5.22. The normalized spacial score (nSPS) is 12.7. The van der Waals surface area contributed by atoms with E-state index in [4.69, 9.17) is 5.10 Å². The average Bonchev–Trinajstić information content (AvgIpc) is 2.47. The highest BCUT2D eigenvalue weighted by Gasteiger charge is 2.32. The molecule has 0 N–H and O–H groups in total. The number of aryl methyl sites for hydroxylation is 1. The van der Waals surface area contributed by atoms with Crippen LogP contribution in [0.5, 0.6) is 0 Å². The van der Waals surface area contributed by atoms with Crippen LogP contribution in [-0.2, 0) is 23.7 Å². The highest BCUT2D eigenvalue weighted by molar-refractivity contribution is 5.41. The number of rotatable bonds is 8. The van der Waals surface area contributed by atoms with Crippen molar-refractivity contribution < 1.29 is 0 Å². The number of aromatic nitrogens is 2. The van der Waals surface area contributed by atoms with Crippen LogP contribution in [0.25, 0.3) is 0 Å². The molecule has 2 nitrogen and oxygen atoms in total. The van der Waals surface area contributed by atoms with Crippen LogP contribution in [0.4, 0.5) is 0 Å². The van der Waals surface area contributed by atoms with E-state index in [9.17, 15) is 0 Å². The predicted molar refractivity (Wildman–Crippen MR) is 96.7 cm³/mol. The molecule has 1 heterocycles. The van der Waals surface area contributed by atoms with Crippen molar-refractivity contribution in [2.45, 2.75) is 105 Å². The Kier molecular flexibility index (Phi) is 6.58. The molecule has 126 valence electrons. The molecule has 0 saturated heterocycles. The minimum atomic E-state index is 0.0980. The monoisotopic (exact) mass is 304 g/mol. The van der Waals surface area contributed by atoms with Crippen LogP contribution in [-0.4, -0.2) is 10.2 Å². The maximum absolute atomic E-state index is 4.72. The van der Waals surface area contributed by atoms with Crippen LogP contribution < -0.4 is 0 Å². The van der Waals surface area contributed by atoms with Gasteiger partial charge in [0.2, 0.25) is 0 Å². The number of nitrogens with zero attached hydrogens (tertiary/aromatic N) is 2.